The molecule has 1 unspecified atom stereocenters. The van der Waals surface area contributed by atoms with E-state index in [0.29, 0.717) is 59.6 Å². The van der Waals surface area contributed by atoms with Gasteiger partial charge in [0, 0.05) is 42.2 Å². The molecular weight excluding hydrogens is 485 g/mol. The average molecular weight is 514 g/mol. The van der Waals surface area contributed by atoms with E-state index in [0.717, 1.165) is 6.42 Å². The lowest BCUT2D eigenvalue weighted by molar-refractivity contribution is -0.111. The van der Waals surface area contributed by atoms with Crippen LogP contribution < -0.4 is 15.4 Å². The van der Waals surface area contributed by atoms with Crippen LogP contribution in [0.1, 0.15) is 20.3 Å². The molecule has 8 nitrogen and oxygen atoms in total. The van der Waals surface area contributed by atoms with Gasteiger partial charge in [-0.25, -0.2) is 14.4 Å². The summed E-state index contributed by atoms with van der Waals surface area (Å²) in [6.45, 7) is 5.94. The zero-order valence-electron chi connectivity index (χ0n) is 20.4. The van der Waals surface area contributed by atoms with Gasteiger partial charge < -0.3 is 25.0 Å². The Bertz CT molecular complexity index is 1260. The van der Waals surface area contributed by atoms with Crippen LogP contribution in [0.5, 0.6) is 5.75 Å². The van der Waals surface area contributed by atoms with E-state index in [1.54, 1.807) is 18.2 Å². The molecule has 1 atom stereocenters. The maximum Gasteiger partial charge on any atom is 0.248 e. The Morgan fingerprint density at radius 3 is 2.89 bits per heavy atom. The number of ether oxygens (including phenoxy) is 2. The van der Waals surface area contributed by atoms with E-state index >= 15 is 0 Å². The largest absolute Gasteiger partial charge is 0.486 e. The lowest BCUT2D eigenvalue weighted by Crippen LogP contribution is -2.26. The van der Waals surface area contributed by atoms with E-state index in [9.17, 15) is 9.18 Å². The Hall–Kier alpha value is -3.27. The molecule has 0 bridgehead atoms. The first kappa shape index (κ1) is 25.8. The number of likely N-dealkylation sites (N-methyl/N-ethyl adjacent to an activating group) is 1. The molecule has 2 aromatic carbocycles. The summed E-state index contributed by atoms with van der Waals surface area (Å²) in [6, 6.07) is 8.22. The molecule has 2 heterocycles. The van der Waals surface area contributed by atoms with Crippen LogP contribution in [-0.2, 0) is 9.53 Å². The van der Waals surface area contributed by atoms with Crippen molar-refractivity contribution >= 4 is 45.6 Å². The Balaban J connectivity index is 1.64. The van der Waals surface area contributed by atoms with Crippen LogP contribution in [0.2, 0.25) is 5.02 Å². The number of carbonyl (C=O) groups is 1. The molecule has 1 amide bonds. The molecule has 3 aromatic rings. The van der Waals surface area contributed by atoms with Gasteiger partial charge in [0.25, 0.3) is 0 Å². The monoisotopic (exact) mass is 513 g/mol. The molecule has 0 radical (unpaired) electrons. The van der Waals surface area contributed by atoms with E-state index in [-0.39, 0.29) is 17.0 Å². The molecule has 0 aliphatic carbocycles. The third kappa shape index (κ3) is 6.48. The number of amides is 1. The number of hydrogen-bond acceptors (Lipinski definition) is 7. The Morgan fingerprint density at radius 2 is 2.17 bits per heavy atom. The normalized spacial score (nSPS) is 15.8. The fourth-order valence-corrected chi connectivity index (χ4v) is 3.77. The van der Waals surface area contributed by atoms with Crippen molar-refractivity contribution in [1.82, 2.24) is 14.9 Å². The number of benzene rings is 2. The molecular formula is C26H29ClFN5O3. The summed E-state index contributed by atoms with van der Waals surface area (Å²) < 4.78 is 25.2. The Kier molecular flexibility index (Phi) is 8.35. The highest BCUT2D eigenvalue weighted by Gasteiger charge is 2.21. The second-order valence-corrected chi connectivity index (χ2v) is 9.28. The van der Waals surface area contributed by atoms with E-state index in [4.69, 9.17) is 21.1 Å². The fourth-order valence-electron chi connectivity index (χ4n) is 3.59. The zero-order chi connectivity index (χ0) is 25.7. The standard InChI is InChI=1S/C26H29ClFN5O3/c1-16(2)33(3)9-4-5-25(34)32-23-12-19-22(13-24(23)36-18-8-10-35-14-18)29-15-30-26(19)31-17-6-7-21(28)20(27)11-17/h4-7,11-13,15-16,18H,8-10,14H2,1-3H3,(H,32,34)(H,29,30,31). The van der Waals surface area contributed by atoms with Gasteiger partial charge in [0.1, 0.15) is 29.8 Å². The van der Waals surface area contributed by atoms with Gasteiger partial charge in [-0.3, -0.25) is 4.79 Å². The first-order valence-electron chi connectivity index (χ1n) is 11.7. The minimum Gasteiger partial charge on any atom is -0.486 e. The van der Waals surface area contributed by atoms with Crippen molar-refractivity contribution in [2.24, 2.45) is 0 Å². The van der Waals surface area contributed by atoms with Crippen LogP contribution in [0.3, 0.4) is 0 Å². The molecule has 190 valence electrons. The van der Waals surface area contributed by atoms with Crippen molar-refractivity contribution in [3.63, 3.8) is 0 Å². The lowest BCUT2D eigenvalue weighted by Gasteiger charge is -2.19. The van der Waals surface area contributed by atoms with Crippen LogP contribution in [0.15, 0.2) is 48.8 Å². The summed E-state index contributed by atoms with van der Waals surface area (Å²) in [5, 5.41) is 6.71. The maximum atomic E-state index is 13.6. The molecule has 1 fully saturated rings. The van der Waals surface area contributed by atoms with E-state index in [1.807, 2.05) is 13.1 Å². The summed E-state index contributed by atoms with van der Waals surface area (Å²) in [6.07, 6.45) is 5.39. The van der Waals surface area contributed by atoms with Gasteiger partial charge in [-0.15, -0.1) is 0 Å². The predicted molar refractivity (Wildman–Crippen MR) is 140 cm³/mol. The molecule has 36 heavy (non-hydrogen) atoms. The minimum atomic E-state index is -0.509. The number of carbonyl (C=O) groups excluding carboxylic acids is 1. The average Bonchev–Trinajstić information content (AvgIpc) is 3.35. The Labute approximate surface area is 214 Å². The SMILES string of the molecule is CC(C)N(C)CC=CC(=O)Nc1cc2c(Nc3ccc(F)c(Cl)c3)ncnc2cc1OC1CCOC1. The number of rotatable bonds is 9. The molecule has 1 saturated heterocycles. The molecule has 0 saturated carbocycles. The highest BCUT2D eigenvalue weighted by molar-refractivity contribution is 6.31. The smallest absolute Gasteiger partial charge is 0.248 e. The number of fused-ring (bicyclic) bond motifs is 1. The van der Waals surface area contributed by atoms with Gasteiger partial charge in [-0.1, -0.05) is 17.7 Å². The van der Waals surface area contributed by atoms with Crippen molar-refractivity contribution in [3.8, 4) is 5.75 Å². The van der Waals surface area contributed by atoms with Gasteiger partial charge in [-0.2, -0.15) is 0 Å². The van der Waals surface area contributed by atoms with Crippen LogP contribution in [0.25, 0.3) is 10.9 Å². The molecule has 4 rings (SSSR count). The number of anilines is 3. The van der Waals surface area contributed by atoms with Crippen LogP contribution >= 0.6 is 11.6 Å². The van der Waals surface area contributed by atoms with Crippen molar-refractivity contribution in [3.05, 3.63) is 59.7 Å². The number of nitrogens with zero attached hydrogens (tertiary/aromatic N) is 3. The Morgan fingerprint density at radius 1 is 1.33 bits per heavy atom. The summed E-state index contributed by atoms with van der Waals surface area (Å²) in [5.41, 5.74) is 1.66. The van der Waals surface area contributed by atoms with Gasteiger partial charge in [0.05, 0.1) is 29.4 Å². The highest BCUT2D eigenvalue weighted by atomic mass is 35.5. The molecule has 0 spiro atoms. The number of nitrogens with one attached hydrogen (secondary N) is 2. The summed E-state index contributed by atoms with van der Waals surface area (Å²) in [5.74, 6) is 0.178. The number of hydrogen-bond donors (Lipinski definition) is 2. The number of aromatic nitrogens is 2. The van der Waals surface area contributed by atoms with Crippen molar-refractivity contribution in [2.45, 2.75) is 32.4 Å². The zero-order valence-corrected chi connectivity index (χ0v) is 21.2. The maximum absolute atomic E-state index is 13.6. The molecule has 1 aliphatic rings. The first-order valence-corrected chi connectivity index (χ1v) is 12.1. The summed E-state index contributed by atoms with van der Waals surface area (Å²) in [4.78, 5) is 23.6. The van der Waals surface area contributed by atoms with Crippen LogP contribution in [-0.4, -0.2) is 59.7 Å². The molecule has 10 heteroatoms. The molecule has 2 N–H and O–H groups in total. The van der Waals surface area contributed by atoms with Gasteiger partial charge in [-0.05, 0) is 45.2 Å². The van der Waals surface area contributed by atoms with Crippen molar-refractivity contribution < 1.29 is 18.7 Å². The second-order valence-electron chi connectivity index (χ2n) is 8.87. The highest BCUT2D eigenvalue weighted by Crippen LogP contribution is 2.35. The fraction of sp³-hybridized carbons (Fsp3) is 0.346. The quantitative estimate of drug-likeness (QED) is 0.382. The van der Waals surface area contributed by atoms with Crippen LogP contribution in [0.4, 0.5) is 21.6 Å². The summed E-state index contributed by atoms with van der Waals surface area (Å²) in [7, 11) is 1.99. The molecule has 1 aromatic heterocycles. The topological polar surface area (TPSA) is 88.6 Å². The third-order valence-corrected chi connectivity index (χ3v) is 6.19. The van der Waals surface area contributed by atoms with Gasteiger partial charge in [0.2, 0.25) is 5.91 Å². The molecule has 1 aliphatic heterocycles. The first-order chi connectivity index (χ1) is 17.3. The van der Waals surface area contributed by atoms with E-state index < -0.39 is 5.82 Å². The van der Waals surface area contributed by atoms with E-state index in [2.05, 4.69) is 39.3 Å². The van der Waals surface area contributed by atoms with E-state index in [1.165, 1.54) is 24.5 Å². The van der Waals surface area contributed by atoms with Crippen molar-refractivity contribution in [1.29, 1.82) is 0 Å². The third-order valence-electron chi connectivity index (χ3n) is 5.90. The summed E-state index contributed by atoms with van der Waals surface area (Å²) >= 11 is 5.93. The minimum absolute atomic E-state index is 0.00400. The lowest BCUT2D eigenvalue weighted by atomic mass is 10.1. The second kappa shape index (κ2) is 11.6. The predicted octanol–water partition coefficient (Wildman–Crippen LogP) is 5.17. The van der Waals surface area contributed by atoms with Crippen LogP contribution in [0, 0.1) is 5.82 Å². The van der Waals surface area contributed by atoms with Gasteiger partial charge >= 0.3 is 0 Å². The number of halogens is 2. The van der Waals surface area contributed by atoms with Gasteiger partial charge in [0.15, 0.2) is 0 Å². The van der Waals surface area contributed by atoms with Crippen molar-refractivity contribution in [2.75, 3.05) is 37.4 Å².